The van der Waals surface area contributed by atoms with E-state index in [2.05, 4.69) is 4.74 Å². The van der Waals surface area contributed by atoms with Gasteiger partial charge in [-0.25, -0.2) is 4.79 Å². The Kier molecular flexibility index (Phi) is 3.83. The Morgan fingerprint density at radius 2 is 2.40 bits per heavy atom. The quantitative estimate of drug-likeness (QED) is 0.755. The average Bonchev–Trinajstić information content (AvgIpc) is 2.28. The molecule has 0 saturated carbocycles. The van der Waals surface area contributed by atoms with Crippen molar-refractivity contribution in [3.05, 3.63) is 35.4 Å². The summed E-state index contributed by atoms with van der Waals surface area (Å²) in [7, 11) is 1.32. The smallest absolute Gasteiger partial charge is 0.337 e. The van der Waals surface area contributed by atoms with Crippen molar-refractivity contribution in [2.75, 3.05) is 7.11 Å². The molecule has 0 amide bonds. The molecule has 78 valence electrons. The van der Waals surface area contributed by atoms with Gasteiger partial charge in [0.25, 0.3) is 0 Å². The first-order valence-corrected chi connectivity index (χ1v) is 4.50. The van der Waals surface area contributed by atoms with E-state index in [9.17, 15) is 4.79 Å². The number of methoxy groups -OCH3 is 1. The van der Waals surface area contributed by atoms with Crippen molar-refractivity contribution in [1.82, 2.24) is 0 Å². The number of rotatable bonds is 3. The van der Waals surface area contributed by atoms with Gasteiger partial charge in [0.15, 0.2) is 0 Å². The molecule has 0 aliphatic carbocycles. The summed E-state index contributed by atoms with van der Waals surface area (Å²) < 4.78 is 4.59. The maximum Gasteiger partial charge on any atom is 0.337 e. The van der Waals surface area contributed by atoms with Gasteiger partial charge in [-0.3, -0.25) is 0 Å². The second kappa shape index (κ2) is 5.13. The zero-order valence-corrected chi connectivity index (χ0v) is 8.43. The Balaban J connectivity index is 2.93. The van der Waals surface area contributed by atoms with Crippen LogP contribution in [0, 0.1) is 11.3 Å². The number of esters is 1. The molecule has 0 aromatic heterocycles. The highest BCUT2D eigenvalue weighted by atomic mass is 16.5. The van der Waals surface area contributed by atoms with Crippen LogP contribution >= 0.6 is 0 Å². The number of nitriles is 1. The average molecular weight is 204 g/mol. The Labute approximate surface area is 88.3 Å². The van der Waals surface area contributed by atoms with Gasteiger partial charge < -0.3 is 10.5 Å². The third-order valence-electron chi connectivity index (χ3n) is 2.05. The molecular weight excluding hydrogens is 192 g/mol. The van der Waals surface area contributed by atoms with E-state index >= 15 is 0 Å². The van der Waals surface area contributed by atoms with Crippen molar-refractivity contribution in [2.24, 2.45) is 5.73 Å². The predicted molar refractivity (Wildman–Crippen MR) is 54.9 cm³/mol. The molecule has 4 heteroatoms. The van der Waals surface area contributed by atoms with Crippen LogP contribution in [0.3, 0.4) is 0 Å². The highest BCUT2D eigenvalue weighted by Crippen LogP contribution is 2.15. The fourth-order valence-corrected chi connectivity index (χ4v) is 1.23. The Morgan fingerprint density at radius 1 is 1.67 bits per heavy atom. The minimum absolute atomic E-state index is 0.227. The summed E-state index contributed by atoms with van der Waals surface area (Å²) in [5.74, 6) is -0.402. The fraction of sp³-hybridized carbons (Fsp3) is 0.273. The van der Waals surface area contributed by atoms with Gasteiger partial charge in [-0.1, -0.05) is 12.1 Å². The minimum Gasteiger partial charge on any atom is -0.465 e. The van der Waals surface area contributed by atoms with Crippen LogP contribution in [0.1, 0.15) is 28.4 Å². The van der Waals surface area contributed by atoms with Gasteiger partial charge in [0.2, 0.25) is 0 Å². The number of nitrogens with zero attached hydrogens (tertiary/aromatic N) is 1. The van der Waals surface area contributed by atoms with Crippen LogP contribution < -0.4 is 5.73 Å². The number of benzene rings is 1. The number of carbonyl (C=O) groups is 1. The molecule has 15 heavy (non-hydrogen) atoms. The zero-order valence-electron chi connectivity index (χ0n) is 8.43. The molecule has 1 rings (SSSR count). The van der Waals surface area contributed by atoms with Gasteiger partial charge in [0.05, 0.1) is 25.2 Å². The maximum atomic E-state index is 11.2. The number of carbonyl (C=O) groups excluding carboxylic acids is 1. The molecule has 0 bridgehead atoms. The summed E-state index contributed by atoms with van der Waals surface area (Å²) in [6.45, 7) is 0. The lowest BCUT2D eigenvalue weighted by molar-refractivity contribution is 0.0600. The van der Waals surface area contributed by atoms with Crippen LogP contribution in [0.25, 0.3) is 0 Å². The molecular formula is C11H12N2O2. The fourth-order valence-electron chi connectivity index (χ4n) is 1.23. The monoisotopic (exact) mass is 204 g/mol. The summed E-state index contributed by atoms with van der Waals surface area (Å²) in [4.78, 5) is 11.2. The second-order valence-electron chi connectivity index (χ2n) is 3.09. The highest BCUT2D eigenvalue weighted by Gasteiger charge is 2.09. The summed E-state index contributed by atoms with van der Waals surface area (Å²) in [5.41, 5.74) is 6.95. The molecule has 0 spiro atoms. The third kappa shape index (κ3) is 2.79. The first-order valence-electron chi connectivity index (χ1n) is 4.50. The van der Waals surface area contributed by atoms with Crippen LogP contribution in [0.15, 0.2) is 24.3 Å². The Bertz CT molecular complexity index is 396. The molecule has 0 aliphatic heterocycles. The SMILES string of the molecule is COC(=O)c1cccc([C@H](N)CC#N)c1. The summed E-state index contributed by atoms with van der Waals surface area (Å²) >= 11 is 0. The van der Waals surface area contributed by atoms with E-state index in [4.69, 9.17) is 11.0 Å². The van der Waals surface area contributed by atoms with E-state index in [-0.39, 0.29) is 12.5 Å². The molecule has 0 aliphatic rings. The first-order chi connectivity index (χ1) is 7.19. The highest BCUT2D eigenvalue weighted by molar-refractivity contribution is 5.89. The molecule has 0 heterocycles. The van der Waals surface area contributed by atoms with Crippen molar-refractivity contribution in [2.45, 2.75) is 12.5 Å². The van der Waals surface area contributed by atoms with E-state index in [1.54, 1.807) is 24.3 Å². The first kappa shape index (κ1) is 11.2. The summed E-state index contributed by atoms with van der Waals surface area (Å²) in [5, 5.41) is 8.50. The third-order valence-corrected chi connectivity index (χ3v) is 2.05. The van der Waals surface area contributed by atoms with Gasteiger partial charge in [-0.2, -0.15) is 5.26 Å². The van der Waals surface area contributed by atoms with Crippen LogP contribution in [0.5, 0.6) is 0 Å². The molecule has 1 aromatic rings. The number of ether oxygens (including phenoxy) is 1. The van der Waals surface area contributed by atoms with Crippen LogP contribution in [0.2, 0.25) is 0 Å². The zero-order chi connectivity index (χ0) is 11.3. The van der Waals surface area contributed by atoms with Crippen molar-refractivity contribution in [3.8, 4) is 6.07 Å². The number of hydrogen-bond donors (Lipinski definition) is 1. The number of hydrogen-bond acceptors (Lipinski definition) is 4. The van der Waals surface area contributed by atoms with Gasteiger partial charge in [0, 0.05) is 6.04 Å². The predicted octanol–water partition coefficient (Wildman–Crippen LogP) is 1.39. The molecule has 0 saturated heterocycles. The van der Waals surface area contributed by atoms with Crippen molar-refractivity contribution in [3.63, 3.8) is 0 Å². The standard InChI is InChI=1S/C11H12N2O2/c1-15-11(14)9-4-2-3-8(7-9)10(13)5-6-12/h2-4,7,10H,5,13H2,1H3/t10-/m1/s1. The Morgan fingerprint density at radius 3 is 3.00 bits per heavy atom. The lowest BCUT2D eigenvalue weighted by Crippen LogP contribution is -2.10. The molecule has 0 radical (unpaired) electrons. The topological polar surface area (TPSA) is 76.1 Å². The normalized spacial score (nSPS) is 11.5. The Hall–Kier alpha value is -1.86. The molecule has 1 atom stereocenters. The number of nitrogens with two attached hydrogens (primary N) is 1. The summed E-state index contributed by atoms with van der Waals surface area (Å²) in [6, 6.07) is 8.43. The molecule has 0 unspecified atom stereocenters. The molecule has 0 fully saturated rings. The van der Waals surface area contributed by atoms with Crippen molar-refractivity contribution < 1.29 is 9.53 Å². The molecule has 1 aromatic carbocycles. The van der Waals surface area contributed by atoms with E-state index in [0.29, 0.717) is 5.56 Å². The van der Waals surface area contributed by atoms with Crippen LogP contribution in [0.4, 0.5) is 0 Å². The van der Waals surface area contributed by atoms with E-state index in [0.717, 1.165) is 5.56 Å². The van der Waals surface area contributed by atoms with Crippen LogP contribution in [-0.4, -0.2) is 13.1 Å². The second-order valence-corrected chi connectivity index (χ2v) is 3.09. The van der Waals surface area contributed by atoms with Gasteiger partial charge in [-0.15, -0.1) is 0 Å². The lowest BCUT2D eigenvalue weighted by atomic mass is 10.0. The molecule has 4 nitrogen and oxygen atoms in total. The summed E-state index contributed by atoms with van der Waals surface area (Å²) in [6.07, 6.45) is 0.227. The lowest BCUT2D eigenvalue weighted by Gasteiger charge is -2.08. The maximum absolute atomic E-state index is 11.2. The van der Waals surface area contributed by atoms with Gasteiger partial charge in [0.1, 0.15) is 0 Å². The minimum atomic E-state index is -0.402. The van der Waals surface area contributed by atoms with Crippen molar-refractivity contribution in [1.29, 1.82) is 5.26 Å². The van der Waals surface area contributed by atoms with Crippen molar-refractivity contribution >= 4 is 5.97 Å². The van der Waals surface area contributed by atoms with Gasteiger partial charge >= 0.3 is 5.97 Å². The van der Waals surface area contributed by atoms with Gasteiger partial charge in [-0.05, 0) is 17.7 Å². The van der Waals surface area contributed by atoms with E-state index in [1.165, 1.54) is 7.11 Å². The van der Waals surface area contributed by atoms with E-state index < -0.39 is 5.97 Å². The van der Waals surface area contributed by atoms with Crippen LogP contribution in [-0.2, 0) is 4.74 Å². The molecule has 2 N–H and O–H groups in total. The van der Waals surface area contributed by atoms with E-state index in [1.807, 2.05) is 6.07 Å². The largest absolute Gasteiger partial charge is 0.465 e.